The monoisotopic (exact) mass is 304 g/mol. The highest BCUT2D eigenvalue weighted by molar-refractivity contribution is 6.30. The highest BCUT2D eigenvalue weighted by Crippen LogP contribution is 2.41. The smallest absolute Gasteiger partial charge is 0.319 e. The van der Waals surface area contributed by atoms with E-state index in [1.807, 2.05) is 26.0 Å². The number of benzene rings is 1. The summed E-state index contributed by atoms with van der Waals surface area (Å²) in [5.74, 6) is 0.0914. The third-order valence-electron chi connectivity index (χ3n) is 3.95. The summed E-state index contributed by atoms with van der Waals surface area (Å²) in [5, 5.41) is 6.26. The van der Waals surface area contributed by atoms with E-state index in [-0.39, 0.29) is 17.2 Å². The molecule has 21 heavy (non-hydrogen) atoms. The van der Waals surface area contributed by atoms with Crippen molar-refractivity contribution in [2.24, 2.45) is 5.41 Å². The van der Waals surface area contributed by atoms with Gasteiger partial charge in [0.15, 0.2) is 5.78 Å². The van der Waals surface area contributed by atoms with Crippen LogP contribution in [-0.2, 0) is 4.79 Å². The fraction of sp³-hybridized carbons (Fsp3) is 0.375. The zero-order valence-electron chi connectivity index (χ0n) is 12.0. The van der Waals surface area contributed by atoms with Crippen LogP contribution in [0.3, 0.4) is 0 Å². The molecule has 0 spiro atoms. The highest BCUT2D eigenvalue weighted by Gasteiger charge is 2.40. The predicted molar refractivity (Wildman–Crippen MR) is 80.9 cm³/mol. The number of amides is 2. The van der Waals surface area contributed by atoms with Crippen LogP contribution in [0.2, 0.25) is 5.02 Å². The predicted octanol–water partition coefficient (Wildman–Crippen LogP) is 3.34. The highest BCUT2D eigenvalue weighted by atomic mass is 35.5. The number of rotatable bonds is 1. The first kappa shape index (κ1) is 14.1. The van der Waals surface area contributed by atoms with Gasteiger partial charge in [0.05, 0.1) is 6.04 Å². The number of carbonyl (C=O) groups excluding carboxylic acids is 2. The molecule has 1 aromatic carbocycles. The maximum Gasteiger partial charge on any atom is 0.319 e. The number of allylic oxidation sites excluding steroid dienone is 1. The summed E-state index contributed by atoms with van der Waals surface area (Å²) in [7, 11) is 0. The largest absolute Gasteiger partial charge is 0.327 e. The molecule has 5 heteroatoms. The maximum atomic E-state index is 12.5. The van der Waals surface area contributed by atoms with E-state index < -0.39 is 6.04 Å². The molecule has 110 valence electrons. The van der Waals surface area contributed by atoms with Gasteiger partial charge in [0, 0.05) is 22.7 Å². The van der Waals surface area contributed by atoms with Gasteiger partial charge in [0.2, 0.25) is 0 Å². The first-order valence-corrected chi connectivity index (χ1v) is 7.33. The number of nitrogens with one attached hydrogen (secondary N) is 2. The van der Waals surface area contributed by atoms with Crippen LogP contribution in [0.4, 0.5) is 4.79 Å². The molecule has 4 nitrogen and oxygen atoms in total. The molecule has 2 N–H and O–H groups in total. The minimum absolute atomic E-state index is 0.0914. The average molecular weight is 305 g/mol. The summed E-state index contributed by atoms with van der Waals surface area (Å²) in [6, 6.07) is 6.56. The van der Waals surface area contributed by atoms with Crippen LogP contribution >= 0.6 is 11.6 Å². The lowest BCUT2D eigenvalue weighted by molar-refractivity contribution is -0.118. The molecule has 2 aliphatic rings. The number of hydrogen-bond donors (Lipinski definition) is 2. The molecule has 1 aliphatic carbocycles. The standard InChI is InChI=1S/C16H17ClN2O2/c1-16(2)7-11-13(12(20)8-16)14(19-15(21)18-11)9-3-5-10(17)6-4-9/h3-6,14H,7-8H2,1-2H3,(H2,18,19,21)/t14-/m1/s1. The summed E-state index contributed by atoms with van der Waals surface area (Å²) >= 11 is 5.90. The van der Waals surface area contributed by atoms with Crippen molar-refractivity contribution >= 4 is 23.4 Å². The second-order valence-electron chi connectivity index (χ2n) is 6.42. The van der Waals surface area contributed by atoms with E-state index >= 15 is 0 Å². The number of Topliss-reactive ketones (excluding diaryl/α,β-unsaturated/α-hetero) is 1. The molecule has 2 amide bonds. The van der Waals surface area contributed by atoms with Crippen molar-refractivity contribution in [2.45, 2.75) is 32.7 Å². The molecule has 1 atom stereocenters. The molecule has 0 radical (unpaired) electrons. The van der Waals surface area contributed by atoms with Gasteiger partial charge in [-0.15, -0.1) is 0 Å². The summed E-state index contributed by atoms with van der Waals surface area (Å²) in [4.78, 5) is 24.4. The summed E-state index contributed by atoms with van der Waals surface area (Å²) in [6.07, 6.45) is 1.19. The van der Waals surface area contributed by atoms with Gasteiger partial charge in [-0.05, 0) is 29.5 Å². The Kier molecular flexibility index (Phi) is 3.29. The van der Waals surface area contributed by atoms with Crippen molar-refractivity contribution in [3.05, 3.63) is 46.1 Å². The molecular formula is C16H17ClN2O2. The van der Waals surface area contributed by atoms with Crippen LogP contribution in [0.5, 0.6) is 0 Å². The van der Waals surface area contributed by atoms with E-state index in [4.69, 9.17) is 11.6 Å². The molecule has 0 bridgehead atoms. The number of carbonyl (C=O) groups is 2. The lowest BCUT2D eigenvalue weighted by Crippen LogP contribution is -2.48. The number of hydrogen-bond acceptors (Lipinski definition) is 2. The van der Waals surface area contributed by atoms with Crippen LogP contribution in [0.25, 0.3) is 0 Å². The van der Waals surface area contributed by atoms with Crippen LogP contribution < -0.4 is 10.6 Å². The second kappa shape index (κ2) is 4.88. The van der Waals surface area contributed by atoms with E-state index in [2.05, 4.69) is 10.6 Å². The molecule has 0 saturated carbocycles. The van der Waals surface area contributed by atoms with Gasteiger partial charge in [-0.1, -0.05) is 37.6 Å². The molecule has 1 aliphatic heterocycles. The van der Waals surface area contributed by atoms with Gasteiger partial charge in [0.25, 0.3) is 0 Å². The first-order valence-electron chi connectivity index (χ1n) is 6.95. The third kappa shape index (κ3) is 2.68. The van der Waals surface area contributed by atoms with Gasteiger partial charge < -0.3 is 10.6 Å². The third-order valence-corrected chi connectivity index (χ3v) is 4.20. The van der Waals surface area contributed by atoms with E-state index in [1.165, 1.54) is 0 Å². The van der Waals surface area contributed by atoms with Crippen LogP contribution in [0, 0.1) is 5.41 Å². The van der Waals surface area contributed by atoms with E-state index in [0.717, 1.165) is 11.3 Å². The molecule has 1 aromatic rings. The van der Waals surface area contributed by atoms with Crippen molar-refractivity contribution in [1.82, 2.24) is 10.6 Å². The summed E-state index contributed by atoms with van der Waals surface area (Å²) in [5.41, 5.74) is 2.18. The zero-order valence-corrected chi connectivity index (χ0v) is 12.8. The second-order valence-corrected chi connectivity index (χ2v) is 6.85. The first-order chi connectivity index (χ1) is 9.85. The average Bonchev–Trinajstić information content (AvgIpc) is 2.36. The van der Waals surface area contributed by atoms with Crippen molar-refractivity contribution in [2.75, 3.05) is 0 Å². The lowest BCUT2D eigenvalue weighted by Gasteiger charge is -2.38. The minimum Gasteiger partial charge on any atom is -0.327 e. The zero-order chi connectivity index (χ0) is 15.2. The molecule has 0 saturated heterocycles. The number of urea groups is 1. The fourth-order valence-corrected chi connectivity index (χ4v) is 3.19. The van der Waals surface area contributed by atoms with Crippen molar-refractivity contribution in [1.29, 1.82) is 0 Å². The Morgan fingerprint density at radius 2 is 1.81 bits per heavy atom. The maximum absolute atomic E-state index is 12.5. The van der Waals surface area contributed by atoms with E-state index in [9.17, 15) is 9.59 Å². The van der Waals surface area contributed by atoms with Crippen LogP contribution in [0.15, 0.2) is 35.5 Å². The van der Waals surface area contributed by atoms with Crippen molar-refractivity contribution in [3.63, 3.8) is 0 Å². The Hall–Kier alpha value is -1.81. The van der Waals surface area contributed by atoms with Crippen LogP contribution in [0.1, 0.15) is 38.3 Å². The topological polar surface area (TPSA) is 58.2 Å². The van der Waals surface area contributed by atoms with Gasteiger partial charge >= 0.3 is 6.03 Å². The molecular weight excluding hydrogens is 288 g/mol. The SMILES string of the molecule is CC1(C)CC(=O)C2=C(C1)NC(=O)N[C@@H]2c1ccc(Cl)cc1. The Balaban J connectivity index is 2.06. The number of halogens is 1. The number of ketones is 1. The minimum atomic E-state index is -0.394. The van der Waals surface area contributed by atoms with E-state index in [0.29, 0.717) is 23.4 Å². The van der Waals surface area contributed by atoms with Gasteiger partial charge in [-0.3, -0.25) is 4.79 Å². The van der Waals surface area contributed by atoms with Crippen molar-refractivity contribution < 1.29 is 9.59 Å². The molecule has 3 rings (SSSR count). The lowest BCUT2D eigenvalue weighted by atomic mass is 9.73. The summed E-state index contributed by atoms with van der Waals surface area (Å²) < 4.78 is 0. The molecule has 1 heterocycles. The van der Waals surface area contributed by atoms with E-state index in [1.54, 1.807) is 12.1 Å². The summed E-state index contributed by atoms with van der Waals surface area (Å²) in [6.45, 7) is 4.08. The van der Waals surface area contributed by atoms with Crippen molar-refractivity contribution in [3.8, 4) is 0 Å². The Morgan fingerprint density at radius 3 is 2.48 bits per heavy atom. The Morgan fingerprint density at radius 1 is 1.14 bits per heavy atom. The van der Waals surface area contributed by atoms with Gasteiger partial charge in [0.1, 0.15) is 0 Å². The van der Waals surface area contributed by atoms with Gasteiger partial charge in [-0.25, -0.2) is 4.79 Å². The fourth-order valence-electron chi connectivity index (χ4n) is 3.06. The molecule has 0 aromatic heterocycles. The molecule has 0 unspecified atom stereocenters. The normalized spacial score (nSPS) is 24.2. The molecule has 0 fully saturated rings. The Bertz CT molecular complexity index is 647. The quantitative estimate of drug-likeness (QED) is 0.836. The Labute approximate surface area is 128 Å². The van der Waals surface area contributed by atoms with Crippen LogP contribution in [-0.4, -0.2) is 11.8 Å². The van der Waals surface area contributed by atoms with Gasteiger partial charge in [-0.2, -0.15) is 0 Å².